The molecule has 5 heteroatoms. The second-order valence-electron chi connectivity index (χ2n) is 6.56. The van der Waals surface area contributed by atoms with E-state index in [1.165, 1.54) is 0 Å². The lowest BCUT2D eigenvalue weighted by molar-refractivity contribution is -0.148. The fraction of sp³-hybridized carbons (Fsp3) is 0.429. The van der Waals surface area contributed by atoms with Crippen LogP contribution in [0.5, 0.6) is 0 Å². The van der Waals surface area contributed by atoms with Gasteiger partial charge in [0.2, 0.25) is 0 Å². The topological polar surface area (TPSA) is 69.4 Å². The van der Waals surface area contributed by atoms with E-state index in [2.05, 4.69) is 6.92 Å². The van der Waals surface area contributed by atoms with Gasteiger partial charge in [0.05, 0.1) is 12.5 Å². The fourth-order valence-electron chi connectivity index (χ4n) is 2.83. The molecular weight excluding hydrogens is 346 g/mol. The van der Waals surface area contributed by atoms with Gasteiger partial charge in [-0.1, -0.05) is 50.1 Å². The summed E-state index contributed by atoms with van der Waals surface area (Å²) in [6.45, 7) is 3.99. The highest BCUT2D eigenvalue weighted by Gasteiger charge is 2.19. The number of nitrogens with two attached hydrogens (primary N) is 1. The summed E-state index contributed by atoms with van der Waals surface area (Å²) in [6.07, 6.45) is 3.03. The number of Topliss-reactive ketones (excluding diaryl/α,β-unsaturated/α-hetero) is 1. The van der Waals surface area contributed by atoms with Crippen molar-refractivity contribution in [3.05, 3.63) is 47.3 Å². The van der Waals surface area contributed by atoms with Gasteiger partial charge in [-0.25, -0.2) is 0 Å². The van der Waals surface area contributed by atoms with Crippen molar-refractivity contribution < 1.29 is 14.3 Å². The molecule has 0 spiro atoms. The average Bonchev–Trinajstić information content (AvgIpc) is 3.14. The lowest BCUT2D eigenvalue weighted by Crippen LogP contribution is -2.29. The second kappa shape index (κ2) is 10.2. The maximum atomic E-state index is 12.7. The van der Waals surface area contributed by atoms with Crippen LogP contribution in [-0.4, -0.2) is 23.9 Å². The van der Waals surface area contributed by atoms with Crippen LogP contribution in [0.15, 0.2) is 41.8 Å². The first-order valence-corrected chi connectivity index (χ1v) is 10.00. The number of carbonyl (C=O) groups excluding carboxylic acids is 2. The Hall–Kier alpha value is -1.98. The number of rotatable bonds is 10. The SMILES string of the molecule is CCCCC(C)OC(=O)CC(N)CC(=O)c1ccccc1-c1cccs1. The maximum Gasteiger partial charge on any atom is 0.307 e. The normalized spacial score (nSPS) is 13.2. The summed E-state index contributed by atoms with van der Waals surface area (Å²) >= 11 is 1.59. The van der Waals surface area contributed by atoms with Gasteiger partial charge in [-0.3, -0.25) is 9.59 Å². The van der Waals surface area contributed by atoms with E-state index in [-0.39, 0.29) is 30.7 Å². The van der Waals surface area contributed by atoms with Crippen molar-refractivity contribution in [1.29, 1.82) is 0 Å². The summed E-state index contributed by atoms with van der Waals surface area (Å²) in [5, 5.41) is 1.98. The molecule has 0 bridgehead atoms. The van der Waals surface area contributed by atoms with E-state index in [0.717, 1.165) is 29.7 Å². The van der Waals surface area contributed by atoms with Gasteiger partial charge in [0.15, 0.2) is 5.78 Å². The minimum Gasteiger partial charge on any atom is -0.463 e. The number of thiophene rings is 1. The van der Waals surface area contributed by atoms with Gasteiger partial charge in [0.25, 0.3) is 0 Å². The minimum absolute atomic E-state index is 0.0478. The Bertz CT molecular complexity index is 712. The van der Waals surface area contributed by atoms with E-state index in [9.17, 15) is 9.59 Å². The first-order valence-electron chi connectivity index (χ1n) is 9.12. The Morgan fingerprint density at radius 1 is 1.15 bits per heavy atom. The van der Waals surface area contributed by atoms with Gasteiger partial charge in [0, 0.05) is 28.5 Å². The smallest absolute Gasteiger partial charge is 0.307 e. The lowest BCUT2D eigenvalue weighted by atomic mass is 9.97. The molecule has 2 rings (SSSR count). The molecular formula is C21H27NO3S. The number of ketones is 1. The number of ether oxygens (including phenoxy) is 1. The van der Waals surface area contributed by atoms with Crippen LogP contribution >= 0.6 is 11.3 Å². The van der Waals surface area contributed by atoms with Crippen LogP contribution in [0.4, 0.5) is 0 Å². The van der Waals surface area contributed by atoms with E-state index in [1.54, 1.807) is 11.3 Å². The Morgan fingerprint density at radius 2 is 1.92 bits per heavy atom. The molecule has 1 heterocycles. The summed E-state index contributed by atoms with van der Waals surface area (Å²) < 4.78 is 5.36. The maximum absolute atomic E-state index is 12.7. The molecule has 1 aromatic carbocycles. The molecule has 0 radical (unpaired) electrons. The molecule has 0 fully saturated rings. The third-order valence-electron chi connectivity index (χ3n) is 4.19. The van der Waals surface area contributed by atoms with E-state index in [0.29, 0.717) is 5.56 Å². The summed E-state index contributed by atoms with van der Waals surface area (Å²) in [6, 6.07) is 10.9. The first-order chi connectivity index (χ1) is 12.5. The number of hydrogen-bond acceptors (Lipinski definition) is 5. The lowest BCUT2D eigenvalue weighted by Gasteiger charge is -2.15. The van der Waals surface area contributed by atoms with Crippen LogP contribution in [0.2, 0.25) is 0 Å². The van der Waals surface area contributed by atoms with Crippen molar-refractivity contribution in [3.63, 3.8) is 0 Å². The molecule has 2 unspecified atom stereocenters. The predicted octanol–water partition coefficient (Wildman–Crippen LogP) is 4.83. The molecule has 1 aromatic heterocycles. The molecule has 26 heavy (non-hydrogen) atoms. The van der Waals surface area contributed by atoms with E-state index in [1.807, 2.05) is 48.7 Å². The van der Waals surface area contributed by atoms with Gasteiger partial charge in [-0.2, -0.15) is 0 Å². The monoisotopic (exact) mass is 373 g/mol. The van der Waals surface area contributed by atoms with E-state index < -0.39 is 6.04 Å². The van der Waals surface area contributed by atoms with Crippen LogP contribution in [0.3, 0.4) is 0 Å². The molecule has 2 atom stereocenters. The summed E-state index contributed by atoms with van der Waals surface area (Å²) in [5.74, 6) is -0.381. The zero-order chi connectivity index (χ0) is 18.9. The van der Waals surface area contributed by atoms with Gasteiger partial charge < -0.3 is 10.5 Å². The number of carbonyl (C=O) groups is 2. The third-order valence-corrected chi connectivity index (χ3v) is 5.09. The summed E-state index contributed by atoms with van der Waals surface area (Å²) in [7, 11) is 0. The fourth-order valence-corrected chi connectivity index (χ4v) is 3.60. The van der Waals surface area contributed by atoms with Crippen molar-refractivity contribution in [2.24, 2.45) is 5.73 Å². The van der Waals surface area contributed by atoms with Gasteiger partial charge in [0.1, 0.15) is 0 Å². The summed E-state index contributed by atoms with van der Waals surface area (Å²) in [5.41, 5.74) is 7.60. The van der Waals surface area contributed by atoms with Crippen molar-refractivity contribution in [1.82, 2.24) is 0 Å². The van der Waals surface area contributed by atoms with Crippen LogP contribution in [-0.2, 0) is 9.53 Å². The molecule has 0 saturated heterocycles. The van der Waals surface area contributed by atoms with Crippen LogP contribution in [0.1, 0.15) is 56.3 Å². The molecule has 0 saturated carbocycles. The minimum atomic E-state index is -0.537. The Labute approximate surface area is 159 Å². The Kier molecular flexibility index (Phi) is 8.01. The zero-order valence-electron chi connectivity index (χ0n) is 15.4. The van der Waals surface area contributed by atoms with Gasteiger partial charge >= 0.3 is 5.97 Å². The highest BCUT2D eigenvalue weighted by atomic mass is 32.1. The molecule has 2 N–H and O–H groups in total. The number of unbranched alkanes of at least 4 members (excludes halogenated alkanes) is 1. The van der Waals surface area contributed by atoms with Crippen molar-refractivity contribution in [2.75, 3.05) is 0 Å². The van der Waals surface area contributed by atoms with Crippen LogP contribution in [0, 0.1) is 0 Å². The highest BCUT2D eigenvalue weighted by Crippen LogP contribution is 2.29. The first kappa shape index (κ1) is 20.3. The molecule has 0 aliphatic carbocycles. The average molecular weight is 374 g/mol. The van der Waals surface area contributed by atoms with Crippen molar-refractivity contribution in [3.8, 4) is 10.4 Å². The van der Waals surface area contributed by atoms with Crippen molar-refractivity contribution >= 4 is 23.1 Å². The number of hydrogen-bond donors (Lipinski definition) is 1. The van der Waals surface area contributed by atoms with Gasteiger partial charge in [-0.05, 0) is 24.8 Å². The molecule has 4 nitrogen and oxygen atoms in total. The van der Waals surface area contributed by atoms with Crippen LogP contribution < -0.4 is 5.73 Å². The Balaban J connectivity index is 1.93. The number of esters is 1. The van der Waals surface area contributed by atoms with E-state index >= 15 is 0 Å². The molecule has 0 aliphatic rings. The third kappa shape index (κ3) is 6.07. The zero-order valence-corrected chi connectivity index (χ0v) is 16.3. The quantitative estimate of drug-likeness (QED) is 0.478. The van der Waals surface area contributed by atoms with Crippen molar-refractivity contribution in [2.45, 2.75) is 58.1 Å². The summed E-state index contributed by atoms with van der Waals surface area (Å²) in [4.78, 5) is 25.7. The van der Waals surface area contributed by atoms with Crippen LogP contribution in [0.25, 0.3) is 10.4 Å². The highest BCUT2D eigenvalue weighted by molar-refractivity contribution is 7.13. The largest absolute Gasteiger partial charge is 0.463 e. The van der Waals surface area contributed by atoms with E-state index in [4.69, 9.17) is 10.5 Å². The molecule has 140 valence electrons. The molecule has 0 aliphatic heterocycles. The second-order valence-corrected chi connectivity index (χ2v) is 7.50. The number of benzene rings is 1. The Morgan fingerprint density at radius 3 is 2.62 bits per heavy atom. The molecule has 2 aromatic rings. The predicted molar refractivity (Wildman–Crippen MR) is 106 cm³/mol. The molecule has 0 amide bonds. The standard InChI is InChI=1S/C21H27NO3S/c1-3-4-8-15(2)25-21(24)14-16(22)13-19(23)17-9-5-6-10-18(17)20-11-7-12-26-20/h5-7,9-12,15-16H,3-4,8,13-14,22H2,1-2H3. The van der Waals surface area contributed by atoms with Gasteiger partial charge in [-0.15, -0.1) is 11.3 Å².